The standard InChI is InChI=1S/C22H26N4O/c1-3-26(4-2)19-12-10-18(11-13-19)25-21(27)14-16-23-20-9-5-7-17-8-6-15-24-22(17)20/h5-13,15,23H,3-4,14,16H2,1-2H3,(H,25,27). The van der Waals surface area contributed by atoms with Gasteiger partial charge in [0.05, 0.1) is 11.2 Å². The second-order valence-electron chi connectivity index (χ2n) is 6.32. The van der Waals surface area contributed by atoms with Crippen LogP contribution in [0.5, 0.6) is 0 Å². The molecule has 0 radical (unpaired) electrons. The highest BCUT2D eigenvalue weighted by atomic mass is 16.1. The van der Waals surface area contributed by atoms with Gasteiger partial charge in [0.15, 0.2) is 0 Å². The van der Waals surface area contributed by atoms with Crippen LogP contribution in [0.15, 0.2) is 60.8 Å². The number of hydrogen-bond acceptors (Lipinski definition) is 4. The molecule has 0 fully saturated rings. The zero-order chi connectivity index (χ0) is 19.1. The molecule has 0 saturated heterocycles. The summed E-state index contributed by atoms with van der Waals surface area (Å²) in [5.74, 6) is -0.00807. The van der Waals surface area contributed by atoms with E-state index in [2.05, 4.69) is 34.4 Å². The molecule has 0 unspecified atom stereocenters. The zero-order valence-corrected chi connectivity index (χ0v) is 15.9. The number of hydrogen-bond donors (Lipinski definition) is 2. The summed E-state index contributed by atoms with van der Waals surface area (Å²) in [6.45, 7) is 6.77. The van der Waals surface area contributed by atoms with Crippen molar-refractivity contribution in [2.45, 2.75) is 20.3 Å². The van der Waals surface area contributed by atoms with E-state index in [1.165, 1.54) is 5.69 Å². The molecule has 2 aromatic carbocycles. The van der Waals surface area contributed by atoms with Gasteiger partial charge in [-0.3, -0.25) is 9.78 Å². The first kappa shape index (κ1) is 18.7. The summed E-state index contributed by atoms with van der Waals surface area (Å²) in [7, 11) is 0. The number of nitrogens with zero attached hydrogens (tertiary/aromatic N) is 2. The van der Waals surface area contributed by atoms with Crippen LogP contribution in [0.4, 0.5) is 17.1 Å². The van der Waals surface area contributed by atoms with Crippen molar-refractivity contribution in [3.8, 4) is 0 Å². The number of benzene rings is 2. The molecule has 2 N–H and O–H groups in total. The topological polar surface area (TPSA) is 57.3 Å². The number of anilines is 3. The minimum Gasteiger partial charge on any atom is -0.383 e. The Hall–Kier alpha value is -3.08. The smallest absolute Gasteiger partial charge is 0.226 e. The van der Waals surface area contributed by atoms with Gasteiger partial charge in [-0.05, 0) is 50.2 Å². The monoisotopic (exact) mass is 362 g/mol. The quantitative estimate of drug-likeness (QED) is 0.618. The third kappa shape index (κ3) is 4.76. The van der Waals surface area contributed by atoms with Crippen molar-refractivity contribution in [2.75, 3.05) is 35.2 Å². The van der Waals surface area contributed by atoms with Gasteiger partial charge in [-0.1, -0.05) is 18.2 Å². The lowest BCUT2D eigenvalue weighted by Crippen LogP contribution is -2.21. The van der Waals surface area contributed by atoms with Crippen LogP contribution in [0, 0.1) is 0 Å². The van der Waals surface area contributed by atoms with Crippen LogP contribution in [0.2, 0.25) is 0 Å². The Labute approximate surface area is 160 Å². The second kappa shape index (κ2) is 9.03. The second-order valence-corrected chi connectivity index (χ2v) is 6.32. The van der Waals surface area contributed by atoms with E-state index in [-0.39, 0.29) is 5.91 Å². The predicted octanol–water partition coefficient (Wildman–Crippen LogP) is 4.52. The number of para-hydroxylation sites is 1. The minimum atomic E-state index is -0.00807. The summed E-state index contributed by atoms with van der Waals surface area (Å²) < 4.78 is 0. The van der Waals surface area contributed by atoms with Gasteiger partial charge in [0, 0.05) is 49.0 Å². The van der Waals surface area contributed by atoms with Crippen molar-refractivity contribution < 1.29 is 4.79 Å². The van der Waals surface area contributed by atoms with E-state index in [9.17, 15) is 4.79 Å². The van der Waals surface area contributed by atoms with Crippen molar-refractivity contribution >= 4 is 33.9 Å². The molecule has 0 spiro atoms. The van der Waals surface area contributed by atoms with Gasteiger partial charge in [0.25, 0.3) is 0 Å². The van der Waals surface area contributed by atoms with Crippen molar-refractivity contribution in [3.63, 3.8) is 0 Å². The van der Waals surface area contributed by atoms with Crippen LogP contribution >= 0.6 is 0 Å². The summed E-state index contributed by atoms with van der Waals surface area (Å²) in [5.41, 5.74) is 3.86. The predicted molar refractivity (Wildman–Crippen MR) is 113 cm³/mol. The van der Waals surface area contributed by atoms with E-state index < -0.39 is 0 Å². The molecule has 3 aromatic rings. The van der Waals surface area contributed by atoms with E-state index >= 15 is 0 Å². The number of rotatable bonds is 8. The molecule has 5 nitrogen and oxygen atoms in total. The molecule has 0 aliphatic carbocycles. The van der Waals surface area contributed by atoms with Crippen molar-refractivity contribution in [3.05, 3.63) is 60.8 Å². The maximum absolute atomic E-state index is 12.2. The summed E-state index contributed by atoms with van der Waals surface area (Å²) in [5, 5.41) is 7.35. The van der Waals surface area contributed by atoms with Crippen LogP contribution < -0.4 is 15.5 Å². The fourth-order valence-corrected chi connectivity index (χ4v) is 3.13. The van der Waals surface area contributed by atoms with E-state index in [0.717, 1.165) is 35.4 Å². The van der Waals surface area contributed by atoms with Crippen LogP contribution in [-0.2, 0) is 4.79 Å². The molecule has 1 aromatic heterocycles. The SMILES string of the molecule is CCN(CC)c1ccc(NC(=O)CCNc2cccc3cccnc23)cc1. The number of carbonyl (C=O) groups is 1. The minimum absolute atomic E-state index is 0.00807. The summed E-state index contributed by atoms with van der Waals surface area (Å²) >= 11 is 0. The molecule has 0 aliphatic rings. The highest BCUT2D eigenvalue weighted by Gasteiger charge is 2.06. The number of pyridine rings is 1. The van der Waals surface area contributed by atoms with E-state index in [0.29, 0.717) is 13.0 Å². The van der Waals surface area contributed by atoms with Gasteiger partial charge in [-0.2, -0.15) is 0 Å². The Kier molecular flexibility index (Phi) is 6.26. The lowest BCUT2D eigenvalue weighted by atomic mass is 10.2. The molecule has 1 amide bonds. The summed E-state index contributed by atoms with van der Waals surface area (Å²) in [6, 6.07) is 17.9. The normalized spacial score (nSPS) is 10.6. The molecule has 0 bridgehead atoms. The van der Waals surface area contributed by atoms with Crippen LogP contribution in [0.25, 0.3) is 10.9 Å². The third-order valence-electron chi connectivity index (χ3n) is 4.58. The molecular formula is C22H26N4O. The maximum Gasteiger partial charge on any atom is 0.226 e. The number of fused-ring (bicyclic) bond motifs is 1. The molecule has 0 atom stereocenters. The number of nitrogens with one attached hydrogen (secondary N) is 2. The Morgan fingerprint density at radius 3 is 2.48 bits per heavy atom. The lowest BCUT2D eigenvalue weighted by Gasteiger charge is -2.21. The van der Waals surface area contributed by atoms with Gasteiger partial charge in [0.1, 0.15) is 0 Å². The molecule has 3 rings (SSSR count). The summed E-state index contributed by atoms with van der Waals surface area (Å²) in [6.07, 6.45) is 2.17. The van der Waals surface area contributed by atoms with Crippen molar-refractivity contribution in [1.82, 2.24) is 4.98 Å². The highest BCUT2D eigenvalue weighted by Crippen LogP contribution is 2.21. The van der Waals surface area contributed by atoms with E-state index in [1.807, 2.05) is 54.6 Å². The van der Waals surface area contributed by atoms with Gasteiger partial charge in [0.2, 0.25) is 5.91 Å². The molecule has 0 aliphatic heterocycles. The van der Waals surface area contributed by atoms with Crippen LogP contribution in [0.1, 0.15) is 20.3 Å². The number of carbonyl (C=O) groups excluding carboxylic acids is 1. The molecule has 140 valence electrons. The Morgan fingerprint density at radius 1 is 1.00 bits per heavy atom. The average Bonchev–Trinajstić information content (AvgIpc) is 2.70. The van der Waals surface area contributed by atoms with E-state index in [4.69, 9.17) is 0 Å². The molecule has 27 heavy (non-hydrogen) atoms. The van der Waals surface area contributed by atoms with Gasteiger partial charge < -0.3 is 15.5 Å². The zero-order valence-electron chi connectivity index (χ0n) is 15.9. The van der Waals surface area contributed by atoms with Gasteiger partial charge in [-0.25, -0.2) is 0 Å². The molecular weight excluding hydrogens is 336 g/mol. The van der Waals surface area contributed by atoms with Crippen molar-refractivity contribution in [2.24, 2.45) is 0 Å². The Bertz CT molecular complexity index is 883. The van der Waals surface area contributed by atoms with Crippen molar-refractivity contribution in [1.29, 1.82) is 0 Å². The average molecular weight is 362 g/mol. The van der Waals surface area contributed by atoms with Crippen LogP contribution in [-0.4, -0.2) is 30.5 Å². The maximum atomic E-state index is 12.2. The molecule has 5 heteroatoms. The third-order valence-corrected chi connectivity index (χ3v) is 4.58. The molecule has 1 heterocycles. The van der Waals surface area contributed by atoms with Gasteiger partial charge >= 0.3 is 0 Å². The molecule has 0 saturated carbocycles. The first-order chi connectivity index (χ1) is 13.2. The lowest BCUT2D eigenvalue weighted by molar-refractivity contribution is -0.115. The van der Waals surface area contributed by atoms with Crippen LogP contribution in [0.3, 0.4) is 0 Å². The Morgan fingerprint density at radius 2 is 1.74 bits per heavy atom. The number of aromatic nitrogens is 1. The largest absolute Gasteiger partial charge is 0.383 e. The first-order valence-corrected chi connectivity index (χ1v) is 9.43. The Balaban J connectivity index is 1.52. The number of amides is 1. The summed E-state index contributed by atoms with van der Waals surface area (Å²) in [4.78, 5) is 18.9. The van der Waals surface area contributed by atoms with E-state index in [1.54, 1.807) is 6.20 Å². The first-order valence-electron chi connectivity index (χ1n) is 9.43. The fraction of sp³-hybridized carbons (Fsp3) is 0.273. The van der Waals surface area contributed by atoms with Gasteiger partial charge in [-0.15, -0.1) is 0 Å². The highest BCUT2D eigenvalue weighted by molar-refractivity contribution is 5.92. The fourth-order valence-electron chi connectivity index (χ4n) is 3.13.